The summed E-state index contributed by atoms with van der Waals surface area (Å²) in [6, 6.07) is 10.6. The van der Waals surface area contributed by atoms with E-state index in [1.807, 2.05) is 12.3 Å². The van der Waals surface area contributed by atoms with Gasteiger partial charge in [0.1, 0.15) is 11.3 Å². The Morgan fingerprint density at radius 3 is 2.90 bits per heavy atom. The van der Waals surface area contributed by atoms with Crippen LogP contribution < -0.4 is 0 Å². The zero-order valence-electron chi connectivity index (χ0n) is 11.6. The van der Waals surface area contributed by atoms with Crippen LogP contribution in [0.2, 0.25) is 0 Å². The molecule has 0 atom stereocenters. The fourth-order valence-electron chi connectivity index (χ4n) is 3.17. The molecule has 1 aromatic carbocycles. The summed E-state index contributed by atoms with van der Waals surface area (Å²) in [6.07, 6.45) is 6.60. The van der Waals surface area contributed by atoms with Crippen molar-refractivity contribution < 1.29 is 4.42 Å². The topological polar surface area (TPSA) is 26.0 Å². The van der Waals surface area contributed by atoms with Crippen molar-refractivity contribution in [2.75, 3.05) is 0 Å². The fraction of sp³-hybridized carbons (Fsp3) is 0.278. The summed E-state index contributed by atoms with van der Waals surface area (Å²) in [5, 5.41) is 1.28. The highest BCUT2D eigenvalue weighted by atomic mass is 16.3. The largest absolute Gasteiger partial charge is 0.460 e. The quantitative estimate of drug-likeness (QED) is 0.637. The van der Waals surface area contributed by atoms with Gasteiger partial charge in [0.2, 0.25) is 0 Å². The number of aromatic nitrogens is 1. The molecule has 20 heavy (non-hydrogen) atoms. The van der Waals surface area contributed by atoms with E-state index in [9.17, 15) is 0 Å². The molecular weight excluding hydrogens is 246 g/mol. The summed E-state index contributed by atoms with van der Waals surface area (Å²) in [6.45, 7) is 2.10. The number of pyridine rings is 1. The van der Waals surface area contributed by atoms with Crippen molar-refractivity contribution in [1.82, 2.24) is 4.98 Å². The molecule has 1 aliphatic carbocycles. The Kier molecular flexibility index (Phi) is 2.62. The first kappa shape index (κ1) is 11.7. The molecule has 0 aliphatic heterocycles. The minimum Gasteiger partial charge on any atom is -0.460 e. The Balaban J connectivity index is 1.98. The van der Waals surface area contributed by atoms with E-state index in [4.69, 9.17) is 4.42 Å². The van der Waals surface area contributed by atoms with Crippen LogP contribution in [0.1, 0.15) is 29.7 Å². The van der Waals surface area contributed by atoms with Crippen molar-refractivity contribution in [2.45, 2.75) is 32.6 Å². The van der Waals surface area contributed by atoms with Crippen LogP contribution in [0.4, 0.5) is 0 Å². The summed E-state index contributed by atoms with van der Waals surface area (Å²) in [5.74, 6) is 1.19. The van der Waals surface area contributed by atoms with Crippen LogP contribution in [-0.2, 0) is 12.8 Å². The van der Waals surface area contributed by atoms with Crippen LogP contribution in [0.3, 0.4) is 0 Å². The molecule has 0 saturated carbocycles. The first-order chi connectivity index (χ1) is 9.83. The molecule has 2 heteroatoms. The smallest absolute Gasteiger partial charge is 0.143 e. The lowest BCUT2D eigenvalue weighted by Gasteiger charge is -2.08. The van der Waals surface area contributed by atoms with Crippen LogP contribution in [0, 0.1) is 6.92 Å². The summed E-state index contributed by atoms with van der Waals surface area (Å²) >= 11 is 0. The van der Waals surface area contributed by atoms with Gasteiger partial charge in [-0.1, -0.05) is 12.1 Å². The van der Waals surface area contributed by atoms with Crippen molar-refractivity contribution in [3.8, 4) is 11.3 Å². The average molecular weight is 263 g/mol. The molecule has 3 aromatic rings. The number of nitrogens with zero attached hydrogens (tertiary/aromatic N) is 1. The maximum absolute atomic E-state index is 6.18. The third-order valence-electron chi connectivity index (χ3n) is 4.17. The third-order valence-corrected chi connectivity index (χ3v) is 4.17. The number of fused-ring (bicyclic) bond motifs is 3. The van der Waals surface area contributed by atoms with Crippen molar-refractivity contribution in [3.05, 3.63) is 53.4 Å². The second kappa shape index (κ2) is 4.48. The maximum atomic E-state index is 6.18. The van der Waals surface area contributed by atoms with Crippen LogP contribution in [0.15, 0.2) is 40.9 Å². The SMILES string of the molecule is Cc1ccnc(-c2cccc3c4c(oc23)CCCC4)c1. The van der Waals surface area contributed by atoms with E-state index in [1.54, 1.807) is 0 Å². The molecular formula is C18H17NO. The van der Waals surface area contributed by atoms with Crippen molar-refractivity contribution in [2.24, 2.45) is 0 Å². The molecule has 0 N–H and O–H groups in total. The first-order valence-electron chi connectivity index (χ1n) is 7.29. The molecule has 0 spiro atoms. The van der Waals surface area contributed by atoms with Gasteiger partial charge in [-0.05, 0) is 49.9 Å². The van der Waals surface area contributed by atoms with Crippen molar-refractivity contribution in [1.29, 1.82) is 0 Å². The molecule has 0 amide bonds. The first-order valence-corrected chi connectivity index (χ1v) is 7.29. The normalized spacial score (nSPS) is 14.4. The average Bonchev–Trinajstić information content (AvgIpc) is 2.86. The van der Waals surface area contributed by atoms with Gasteiger partial charge < -0.3 is 4.42 Å². The molecule has 0 fully saturated rings. The predicted molar refractivity (Wildman–Crippen MR) is 80.8 cm³/mol. The van der Waals surface area contributed by atoms with Crippen molar-refractivity contribution >= 4 is 11.0 Å². The van der Waals surface area contributed by atoms with Gasteiger partial charge in [0.25, 0.3) is 0 Å². The van der Waals surface area contributed by atoms with Gasteiger partial charge >= 0.3 is 0 Å². The lowest BCUT2D eigenvalue weighted by Crippen LogP contribution is -1.98. The second-order valence-corrected chi connectivity index (χ2v) is 5.61. The Bertz CT molecular complexity index is 785. The van der Waals surface area contributed by atoms with Crippen LogP contribution in [-0.4, -0.2) is 4.98 Å². The minimum atomic E-state index is 1.00. The van der Waals surface area contributed by atoms with Crippen LogP contribution >= 0.6 is 0 Å². The van der Waals surface area contributed by atoms with E-state index in [0.717, 1.165) is 29.7 Å². The lowest BCUT2D eigenvalue weighted by molar-refractivity contribution is 0.506. The van der Waals surface area contributed by atoms with Crippen LogP contribution in [0.5, 0.6) is 0 Å². The van der Waals surface area contributed by atoms with Gasteiger partial charge in [0.05, 0.1) is 5.69 Å². The van der Waals surface area contributed by atoms with Gasteiger partial charge in [0, 0.05) is 29.1 Å². The zero-order chi connectivity index (χ0) is 13.5. The number of benzene rings is 1. The Morgan fingerprint density at radius 1 is 1.10 bits per heavy atom. The highest BCUT2D eigenvalue weighted by Crippen LogP contribution is 2.36. The number of hydrogen-bond donors (Lipinski definition) is 0. The summed E-state index contributed by atoms with van der Waals surface area (Å²) in [7, 11) is 0. The molecule has 100 valence electrons. The summed E-state index contributed by atoms with van der Waals surface area (Å²) < 4.78 is 6.18. The van der Waals surface area contributed by atoms with E-state index in [2.05, 4.69) is 36.2 Å². The number of aryl methyl sites for hydroxylation is 3. The standard InChI is InChI=1S/C18H17NO/c1-12-9-10-19-16(11-12)15-7-4-6-14-13-5-2-3-8-17(13)20-18(14)15/h4,6-7,9-11H,2-3,5,8H2,1H3. The minimum absolute atomic E-state index is 1.00. The monoisotopic (exact) mass is 263 g/mol. The molecule has 1 aliphatic rings. The summed E-state index contributed by atoms with van der Waals surface area (Å²) in [4.78, 5) is 4.51. The molecule has 0 bridgehead atoms. The number of rotatable bonds is 1. The number of hydrogen-bond acceptors (Lipinski definition) is 2. The number of furan rings is 1. The highest BCUT2D eigenvalue weighted by molar-refractivity contribution is 5.94. The lowest BCUT2D eigenvalue weighted by atomic mass is 9.95. The zero-order valence-corrected chi connectivity index (χ0v) is 11.6. The van der Waals surface area contributed by atoms with E-state index < -0.39 is 0 Å². The maximum Gasteiger partial charge on any atom is 0.143 e. The fourth-order valence-corrected chi connectivity index (χ4v) is 3.17. The van der Waals surface area contributed by atoms with E-state index >= 15 is 0 Å². The summed E-state index contributed by atoms with van der Waals surface area (Å²) in [5.41, 5.74) is 5.77. The van der Waals surface area contributed by atoms with Gasteiger partial charge in [-0.2, -0.15) is 0 Å². The second-order valence-electron chi connectivity index (χ2n) is 5.61. The molecule has 0 saturated heterocycles. The molecule has 2 nitrogen and oxygen atoms in total. The van der Waals surface area contributed by atoms with E-state index in [1.165, 1.54) is 35.1 Å². The molecule has 4 rings (SSSR count). The number of para-hydroxylation sites is 1. The third kappa shape index (κ3) is 1.75. The van der Waals surface area contributed by atoms with E-state index in [-0.39, 0.29) is 0 Å². The molecule has 2 aromatic heterocycles. The molecule has 0 unspecified atom stereocenters. The van der Waals surface area contributed by atoms with Gasteiger partial charge in [-0.15, -0.1) is 0 Å². The van der Waals surface area contributed by atoms with Crippen LogP contribution in [0.25, 0.3) is 22.2 Å². The molecule has 2 heterocycles. The predicted octanol–water partition coefficient (Wildman–Crippen LogP) is 4.68. The molecule has 0 radical (unpaired) electrons. The van der Waals surface area contributed by atoms with Gasteiger partial charge in [-0.3, -0.25) is 4.98 Å². The highest BCUT2D eigenvalue weighted by Gasteiger charge is 2.19. The van der Waals surface area contributed by atoms with Gasteiger partial charge in [-0.25, -0.2) is 0 Å². The van der Waals surface area contributed by atoms with E-state index in [0.29, 0.717) is 0 Å². The Hall–Kier alpha value is -2.09. The Morgan fingerprint density at radius 2 is 2.00 bits per heavy atom. The van der Waals surface area contributed by atoms with Crippen molar-refractivity contribution in [3.63, 3.8) is 0 Å². The van der Waals surface area contributed by atoms with Gasteiger partial charge in [0.15, 0.2) is 0 Å². The Labute approximate surface area is 118 Å².